The molecule has 0 aliphatic heterocycles. The molecule has 0 fully saturated rings. The highest BCUT2D eigenvalue weighted by Crippen LogP contribution is 2.10. The summed E-state index contributed by atoms with van der Waals surface area (Å²) < 4.78 is 0. The van der Waals surface area contributed by atoms with Crippen molar-refractivity contribution in [1.29, 1.82) is 0 Å². The van der Waals surface area contributed by atoms with E-state index in [1.165, 1.54) is 0 Å². The minimum Gasteiger partial charge on any atom is -0.265 e. The van der Waals surface area contributed by atoms with Gasteiger partial charge < -0.3 is 0 Å². The largest absolute Gasteiger partial charge is 0.265 e. The fourth-order valence-electron chi connectivity index (χ4n) is 1.66. The second kappa shape index (κ2) is 7.97. The van der Waals surface area contributed by atoms with E-state index in [1.54, 1.807) is 12.4 Å². The van der Waals surface area contributed by atoms with E-state index in [0.29, 0.717) is 0 Å². The quantitative estimate of drug-likeness (QED) is 0.504. The molecule has 0 saturated carbocycles. The zero-order chi connectivity index (χ0) is 14.0. The van der Waals surface area contributed by atoms with Crippen LogP contribution in [0.5, 0.6) is 0 Å². The van der Waals surface area contributed by atoms with Crippen LogP contribution >= 0.6 is 12.2 Å². The molecule has 98 valence electrons. The molecule has 2 heteroatoms. The van der Waals surface area contributed by atoms with Crippen molar-refractivity contribution < 1.29 is 0 Å². The SMILES string of the molecule is S=C(c1ccccc1)c1ccccc1.c1ccncc1. The summed E-state index contributed by atoms with van der Waals surface area (Å²) in [5.41, 5.74) is 2.21. The van der Waals surface area contributed by atoms with Crippen LogP contribution in [-0.2, 0) is 0 Å². The van der Waals surface area contributed by atoms with Gasteiger partial charge in [-0.1, -0.05) is 78.9 Å². The van der Waals surface area contributed by atoms with E-state index in [2.05, 4.69) is 4.98 Å². The van der Waals surface area contributed by atoms with Crippen molar-refractivity contribution in [2.45, 2.75) is 0 Å². The molecule has 0 radical (unpaired) electrons. The maximum atomic E-state index is 5.39. The van der Waals surface area contributed by atoms with Gasteiger partial charge in [0.25, 0.3) is 0 Å². The average Bonchev–Trinajstić information content (AvgIpc) is 2.58. The summed E-state index contributed by atoms with van der Waals surface area (Å²) in [6, 6.07) is 25.9. The van der Waals surface area contributed by atoms with Gasteiger partial charge in [-0.25, -0.2) is 0 Å². The normalized spacial score (nSPS) is 9.20. The monoisotopic (exact) mass is 277 g/mol. The number of rotatable bonds is 2. The highest BCUT2D eigenvalue weighted by molar-refractivity contribution is 7.81. The van der Waals surface area contributed by atoms with Crippen LogP contribution in [0.3, 0.4) is 0 Å². The molecule has 0 aliphatic rings. The minimum atomic E-state index is 0.909. The number of hydrogen-bond donors (Lipinski definition) is 0. The number of aromatic nitrogens is 1. The van der Waals surface area contributed by atoms with Crippen molar-refractivity contribution >= 4 is 17.1 Å². The summed E-state index contributed by atoms with van der Waals surface area (Å²) in [7, 11) is 0. The molecule has 0 saturated heterocycles. The molecule has 0 spiro atoms. The summed E-state index contributed by atoms with van der Waals surface area (Å²) in [6.45, 7) is 0. The highest BCUT2D eigenvalue weighted by Gasteiger charge is 2.01. The molecule has 1 aromatic heterocycles. The van der Waals surface area contributed by atoms with Gasteiger partial charge in [0.05, 0.1) is 4.86 Å². The first-order valence-electron chi connectivity index (χ1n) is 6.38. The summed E-state index contributed by atoms with van der Waals surface area (Å²) in [5.74, 6) is 0. The van der Waals surface area contributed by atoms with Gasteiger partial charge in [-0.3, -0.25) is 4.98 Å². The Bertz CT molecular complexity index is 553. The second-order valence-electron chi connectivity index (χ2n) is 4.09. The second-order valence-corrected chi connectivity index (χ2v) is 4.49. The topological polar surface area (TPSA) is 12.9 Å². The van der Waals surface area contributed by atoms with E-state index in [0.717, 1.165) is 16.0 Å². The van der Waals surface area contributed by atoms with Crippen molar-refractivity contribution in [3.05, 3.63) is 102 Å². The van der Waals surface area contributed by atoms with Gasteiger partial charge in [-0.15, -0.1) is 0 Å². The van der Waals surface area contributed by atoms with Crippen molar-refractivity contribution in [3.8, 4) is 0 Å². The third-order valence-corrected chi connectivity index (χ3v) is 3.11. The lowest BCUT2D eigenvalue weighted by atomic mass is 10.1. The maximum Gasteiger partial charge on any atom is 0.0521 e. The fourth-order valence-corrected chi connectivity index (χ4v) is 1.93. The zero-order valence-corrected chi connectivity index (χ0v) is 11.8. The van der Waals surface area contributed by atoms with E-state index < -0.39 is 0 Å². The maximum absolute atomic E-state index is 5.39. The standard InChI is InChI=1S/C13H10S.C5H5N/c14-13(11-7-3-1-4-8-11)12-9-5-2-6-10-12;1-2-4-6-5-3-1/h1-10H;1-5H. The first kappa shape index (κ1) is 14.1. The molecule has 3 aromatic rings. The summed E-state index contributed by atoms with van der Waals surface area (Å²) >= 11 is 5.39. The lowest BCUT2D eigenvalue weighted by Gasteiger charge is -2.02. The molecule has 0 aliphatic carbocycles. The molecule has 1 nitrogen and oxygen atoms in total. The molecule has 20 heavy (non-hydrogen) atoms. The number of thiocarbonyl (C=S) groups is 1. The molecule has 1 heterocycles. The first-order chi connectivity index (χ1) is 9.88. The predicted octanol–water partition coefficient (Wildman–Crippen LogP) is 4.53. The number of pyridine rings is 1. The summed E-state index contributed by atoms with van der Waals surface area (Å²) in [4.78, 5) is 4.69. The van der Waals surface area contributed by atoms with Crippen LogP contribution in [0.2, 0.25) is 0 Å². The van der Waals surface area contributed by atoms with Crippen LogP contribution in [0.25, 0.3) is 0 Å². The van der Waals surface area contributed by atoms with Crippen molar-refractivity contribution in [2.75, 3.05) is 0 Å². The Hall–Kier alpha value is -2.32. The van der Waals surface area contributed by atoms with Gasteiger partial charge in [0.1, 0.15) is 0 Å². The Morgan fingerprint density at radius 2 is 1.00 bits per heavy atom. The lowest BCUT2D eigenvalue weighted by Crippen LogP contribution is -1.98. The van der Waals surface area contributed by atoms with Crippen LogP contribution in [-0.4, -0.2) is 9.85 Å². The van der Waals surface area contributed by atoms with E-state index >= 15 is 0 Å². The fraction of sp³-hybridized carbons (Fsp3) is 0. The Morgan fingerprint density at radius 3 is 1.30 bits per heavy atom. The van der Waals surface area contributed by atoms with Gasteiger partial charge in [0.15, 0.2) is 0 Å². The van der Waals surface area contributed by atoms with Gasteiger partial charge >= 0.3 is 0 Å². The molecule has 3 rings (SSSR count). The Morgan fingerprint density at radius 1 is 0.600 bits per heavy atom. The molecular formula is C18H15NS. The van der Waals surface area contributed by atoms with Gasteiger partial charge in [-0.2, -0.15) is 0 Å². The molecule has 0 amide bonds. The van der Waals surface area contributed by atoms with Gasteiger partial charge in [0, 0.05) is 12.4 Å². The Kier molecular flexibility index (Phi) is 5.62. The first-order valence-corrected chi connectivity index (χ1v) is 6.78. The third kappa shape index (κ3) is 4.41. The zero-order valence-electron chi connectivity index (χ0n) is 11.0. The van der Waals surface area contributed by atoms with Crippen molar-refractivity contribution in [2.24, 2.45) is 0 Å². The molecule has 0 unspecified atom stereocenters. The van der Waals surface area contributed by atoms with Crippen molar-refractivity contribution in [3.63, 3.8) is 0 Å². The highest BCUT2D eigenvalue weighted by atomic mass is 32.1. The molecular weight excluding hydrogens is 262 g/mol. The summed E-state index contributed by atoms with van der Waals surface area (Å²) in [5, 5.41) is 0. The smallest absolute Gasteiger partial charge is 0.0521 e. The number of benzene rings is 2. The lowest BCUT2D eigenvalue weighted by molar-refractivity contribution is 1.33. The van der Waals surface area contributed by atoms with E-state index in [4.69, 9.17) is 12.2 Å². The van der Waals surface area contributed by atoms with Crippen LogP contribution < -0.4 is 0 Å². The van der Waals surface area contributed by atoms with Crippen molar-refractivity contribution in [1.82, 2.24) is 4.98 Å². The Labute approximate surface area is 124 Å². The number of nitrogens with zero attached hydrogens (tertiary/aromatic N) is 1. The van der Waals surface area contributed by atoms with E-state index in [1.807, 2.05) is 78.9 Å². The van der Waals surface area contributed by atoms with Crippen LogP contribution in [0.1, 0.15) is 11.1 Å². The predicted molar refractivity (Wildman–Crippen MR) is 87.9 cm³/mol. The Balaban J connectivity index is 0.000000205. The van der Waals surface area contributed by atoms with Gasteiger partial charge in [0.2, 0.25) is 0 Å². The molecule has 0 bridgehead atoms. The summed E-state index contributed by atoms with van der Waals surface area (Å²) in [6.07, 6.45) is 3.50. The van der Waals surface area contributed by atoms with Crippen LogP contribution in [0.15, 0.2) is 91.3 Å². The van der Waals surface area contributed by atoms with E-state index in [9.17, 15) is 0 Å². The number of hydrogen-bond acceptors (Lipinski definition) is 2. The third-order valence-electron chi connectivity index (χ3n) is 2.64. The molecule has 0 atom stereocenters. The average molecular weight is 277 g/mol. The minimum absolute atomic E-state index is 0.909. The van der Waals surface area contributed by atoms with E-state index in [-0.39, 0.29) is 0 Å². The molecule has 0 N–H and O–H groups in total. The van der Waals surface area contributed by atoms with Crippen LogP contribution in [0.4, 0.5) is 0 Å². The molecule has 2 aromatic carbocycles. The van der Waals surface area contributed by atoms with Crippen LogP contribution in [0, 0.1) is 0 Å². The van der Waals surface area contributed by atoms with Gasteiger partial charge in [-0.05, 0) is 23.3 Å².